The van der Waals surface area contributed by atoms with Crippen molar-refractivity contribution < 1.29 is 0 Å². The third kappa shape index (κ3) is 4.55. The number of benzene rings is 8. The van der Waals surface area contributed by atoms with Gasteiger partial charge in [-0.15, -0.1) is 0 Å². The van der Waals surface area contributed by atoms with Crippen molar-refractivity contribution in [2.24, 2.45) is 0 Å². The number of hydrogen-bond donors (Lipinski definition) is 0. The lowest BCUT2D eigenvalue weighted by Gasteiger charge is -2.22. The van der Waals surface area contributed by atoms with Crippen LogP contribution in [0.25, 0.3) is 76.8 Å². The Morgan fingerprint density at radius 3 is 1.43 bits per heavy atom. The molecule has 0 amide bonds. The zero-order chi connectivity index (χ0) is 29.8. The molecule has 8 aromatic carbocycles. The van der Waals surface area contributed by atoms with E-state index in [1.165, 1.54) is 82.4 Å². The van der Waals surface area contributed by atoms with Gasteiger partial charge in [0.05, 0.1) is 0 Å². The van der Waals surface area contributed by atoms with Crippen LogP contribution in [0, 0.1) is 0 Å². The van der Waals surface area contributed by atoms with E-state index >= 15 is 0 Å². The molecular weight excluding hydrogens is 528 g/mol. The Kier molecular flexibility index (Phi) is 6.13. The lowest BCUT2D eigenvalue weighted by atomic mass is 9.82. The maximum Gasteiger partial charge on any atom is -0.00206 e. The van der Waals surface area contributed by atoms with Crippen LogP contribution in [0.15, 0.2) is 152 Å². The molecule has 0 atom stereocenters. The van der Waals surface area contributed by atoms with Crippen molar-refractivity contribution >= 4 is 32.3 Å². The molecule has 0 aliphatic carbocycles. The molecule has 0 unspecified atom stereocenters. The van der Waals surface area contributed by atoms with Crippen molar-refractivity contribution in [1.29, 1.82) is 0 Å². The summed E-state index contributed by atoms with van der Waals surface area (Å²) in [7, 11) is 0. The van der Waals surface area contributed by atoms with E-state index in [2.05, 4.69) is 172 Å². The molecule has 0 aliphatic rings. The zero-order valence-electron chi connectivity index (χ0n) is 25.4. The highest BCUT2D eigenvalue weighted by atomic mass is 14.2. The van der Waals surface area contributed by atoms with E-state index in [0.29, 0.717) is 0 Å². The molecule has 210 valence electrons. The third-order valence-electron chi connectivity index (χ3n) is 9.18. The molecule has 0 heterocycles. The fourth-order valence-electron chi connectivity index (χ4n) is 6.71. The second kappa shape index (κ2) is 10.2. The summed E-state index contributed by atoms with van der Waals surface area (Å²) in [4.78, 5) is 0. The van der Waals surface area contributed by atoms with Crippen LogP contribution in [0.1, 0.15) is 26.3 Å². The Labute approximate surface area is 259 Å². The first-order chi connectivity index (χ1) is 21.4. The molecule has 8 aromatic rings. The summed E-state index contributed by atoms with van der Waals surface area (Å²) in [6.07, 6.45) is 0. The average molecular weight is 563 g/mol. The second-order valence-corrected chi connectivity index (χ2v) is 13.0. The van der Waals surface area contributed by atoms with Gasteiger partial charge in [-0.2, -0.15) is 0 Å². The molecule has 0 saturated heterocycles. The van der Waals surface area contributed by atoms with Crippen molar-refractivity contribution in [3.05, 3.63) is 157 Å². The Balaban J connectivity index is 1.15. The molecular formula is C44H34. The van der Waals surface area contributed by atoms with Gasteiger partial charge in [-0.1, -0.05) is 166 Å². The van der Waals surface area contributed by atoms with Gasteiger partial charge in [0.1, 0.15) is 0 Å². The van der Waals surface area contributed by atoms with Gasteiger partial charge in [-0.25, -0.2) is 0 Å². The summed E-state index contributed by atoms with van der Waals surface area (Å²) in [5, 5.41) is 8.01. The van der Waals surface area contributed by atoms with Crippen LogP contribution >= 0.6 is 0 Å². The number of hydrogen-bond acceptors (Lipinski definition) is 0. The maximum absolute atomic E-state index is 2.38. The first-order valence-electron chi connectivity index (χ1n) is 15.5. The lowest BCUT2D eigenvalue weighted by molar-refractivity contribution is 0.591. The normalized spacial score (nSPS) is 12.0. The van der Waals surface area contributed by atoms with Gasteiger partial charge in [0, 0.05) is 0 Å². The molecule has 44 heavy (non-hydrogen) atoms. The molecule has 0 aliphatic heterocycles. The minimum atomic E-state index is 0.112. The minimum absolute atomic E-state index is 0.112. The molecule has 0 nitrogen and oxygen atoms in total. The molecule has 0 radical (unpaired) electrons. The van der Waals surface area contributed by atoms with E-state index in [0.717, 1.165) is 0 Å². The van der Waals surface area contributed by atoms with E-state index in [-0.39, 0.29) is 5.41 Å². The van der Waals surface area contributed by atoms with Gasteiger partial charge in [-0.05, 0) is 93.9 Å². The average Bonchev–Trinajstić information content (AvgIpc) is 3.07. The summed E-state index contributed by atoms with van der Waals surface area (Å²) in [5.41, 5.74) is 11.4. The predicted molar refractivity (Wildman–Crippen MR) is 191 cm³/mol. The largest absolute Gasteiger partial charge is 0.0622 e. The lowest BCUT2D eigenvalue weighted by Crippen LogP contribution is -2.10. The molecule has 0 N–H and O–H groups in total. The van der Waals surface area contributed by atoms with E-state index in [1.54, 1.807) is 0 Å². The van der Waals surface area contributed by atoms with Crippen molar-refractivity contribution in [2.75, 3.05) is 0 Å². The quantitative estimate of drug-likeness (QED) is 0.187. The van der Waals surface area contributed by atoms with Gasteiger partial charge in [0.2, 0.25) is 0 Å². The van der Waals surface area contributed by atoms with Crippen LogP contribution in [0.4, 0.5) is 0 Å². The van der Waals surface area contributed by atoms with E-state index in [9.17, 15) is 0 Å². The highest BCUT2D eigenvalue weighted by Gasteiger charge is 2.18. The molecule has 8 rings (SSSR count). The van der Waals surface area contributed by atoms with Crippen molar-refractivity contribution in [3.8, 4) is 44.5 Å². The molecule has 0 fully saturated rings. The fourth-order valence-corrected chi connectivity index (χ4v) is 6.71. The Morgan fingerprint density at radius 2 is 0.818 bits per heavy atom. The fraction of sp³-hybridized carbons (Fsp3) is 0.0909. The third-order valence-corrected chi connectivity index (χ3v) is 9.18. The SMILES string of the molecule is CC(C)(C)c1cc2ccc3ccc(-c4cccc(-c5ccc(-c6ccc(-c7ccccc7)cc6)cc5)c4)c4ccc(c1)c2c34. The van der Waals surface area contributed by atoms with E-state index in [4.69, 9.17) is 0 Å². The van der Waals surface area contributed by atoms with Crippen LogP contribution in [0.5, 0.6) is 0 Å². The Bertz CT molecular complexity index is 2240. The standard InChI is InChI=1S/C44H34/c1-44(2,3)39-27-37-21-20-34-22-24-40(41-25-23-38(28-39)42(37)43(34)41)36-11-7-10-35(26-36)33-18-16-32(17-19-33)31-14-12-30(13-15-31)29-8-5-4-6-9-29/h4-28H,1-3H3. The highest BCUT2D eigenvalue weighted by Crippen LogP contribution is 2.41. The molecule has 0 aromatic heterocycles. The van der Waals surface area contributed by atoms with Crippen LogP contribution in [0.2, 0.25) is 0 Å². The van der Waals surface area contributed by atoms with Crippen molar-refractivity contribution in [1.82, 2.24) is 0 Å². The van der Waals surface area contributed by atoms with Gasteiger partial charge in [0.25, 0.3) is 0 Å². The van der Waals surface area contributed by atoms with E-state index < -0.39 is 0 Å². The molecule has 0 spiro atoms. The monoisotopic (exact) mass is 562 g/mol. The van der Waals surface area contributed by atoms with Crippen molar-refractivity contribution in [2.45, 2.75) is 26.2 Å². The zero-order valence-corrected chi connectivity index (χ0v) is 25.4. The van der Waals surface area contributed by atoms with Crippen LogP contribution in [-0.2, 0) is 5.41 Å². The summed E-state index contributed by atoms with van der Waals surface area (Å²) in [5.74, 6) is 0. The first-order valence-corrected chi connectivity index (χ1v) is 15.5. The minimum Gasteiger partial charge on any atom is -0.0622 e. The smallest absolute Gasteiger partial charge is 0.00206 e. The van der Waals surface area contributed by atoms with Gasteiger partial charge >= 0.3 is 0 Å². The summed E-state index contributed by atoms with van der Waals surface area (Å²) in [6, 6.07) is 55.9. The van der Waals surface area contributed by atoms with E-state index in [1.807, 2.05) is 0 Å². The summed E-state index contributed by atoms with van der Waals surface area (Å²) >= 11 is 0. The van der Waals surface area contributed by atoms with Crippen LogP contribution < -0.4 is 0 Å². The van der Waals surface area contributed by atoms with Gasteiger partial charge < -0.3 is 0 Å². The second-order valence-electron chi connectivity index (χ2n) is 13.0. The Hall–Kier alpha value is -5.20. The highest BCUT2D eigenvalue weighted by molar-refractivity contribution is 6.25. The van der Waals surface area contributed by atoms with Crippen LogP contribution in [-0.4, -0.2) is 0 Å². The predicted octanol–water partition coefficient (Wildman–Crippen LogP) is 12.5. The Morgan fingerprint density at radius 1 is 0.341 bits per heavy atom. The van der Waals surface area contributed by atoms with Crippen LogP contribution in [0.3, 0.4) is 0 Å². The maximum atomic E-state index is 2.38. The number of rotatable bonds is 4. The van der Waals surface area contributed by atoms with Gasteiger partial charge in [0.15, 0.2) is 0 Å². The van der Waals surface area contributed by atoms with Gasteiger partial charge in [-0.3, -0.25) is 0 Å². The first kappa shape index (κ1) is 26.4. The summed E-state index contributed by atoms with van der Waals surface area (Å²) in [6.45, 7) is 6.88. The molecule has 0 bridgehead atoms. The van der Waals surface area contributed by atoms with Crippen molar-refractivity contribution in [3.63, 3.8) is 0 Å². The molecule has 0 saturated carbocycles. The summed E-state index contributed by atoms with van der Waals surface area (Å²) < 4.78 is 0. The topological polar surface area (TPSA) is 0 Å². The molecule has 0 heteroatoms.